The standard InChI is InChI=1S/C22H21F3N2O4S/c1-30-11-3-5-13-16(9-11)32-17-10-12(31-2)4-6-14(17)19(13)27-21(29)15-7-8-18(22(23,24)25)26-20(15)28/h3-6,9-10,15,18-19H,7-8H2,1-2H3,(H,26,28)(H,27,29). The molecule has 0 saturated carbocycles. The Hall–Kier alpha value is -2.88. The molecule has 0 aromatic heterocycles. The predicted octanol–water partition coefficient (Wildman–Crippen LogP) is 3.83. The molecule has 2 aromatic carbocycles. The van der Waals surface area contributed by atoms with Crippen LogP contribution in [0.1, 0.15) is 30.0 Å². The van der Waals surface area contributed by atoms with Gasteiger partial charge in [-0.25, -0.2) is 0 Å². The number of carbonyl (C=O) groups excluding carboxylic acids is 2. The third-order valence-corrected chi connectivity index (χ3v) is 6.81. The molecule has 2 unspecified atom stereocenters. The molecule has 0 spiro atoms. The van der Waals surface area contributed by atoms with Gasteiger partial charge in [0.15, 0.2) is 0 Å². The highest BCUT2D eigenvalue weighted by Crippen LogP contribution is 2.47. The van der Waals surface area contributed by atoms with Gasteiger partial charge in [-0.2, -0.15) is 13.2 Å². The van der Waals surface area contributed by atoms with Crippen LogP contribution in [0.4, 0.5) is 13.2 Å². The van der Waals surface area contributed by atoms with E-state index in [4.69, 9.17) is 9.47 Å². The summed E-state index contributed by atoms with van der Waals surface area (Å²) in [4.78, 5) is 27.0. The van der Waals surface area contributed by atoms with E-state index in [-0.39, 0.29) is 12.8 Å². The van der Waals surface area contributed by atoms with E-state index < -0.39 is 36.0 Å². The molecule has 1 fully saturated rings. The smallest absolute Gasteiger partial charge is 0.408 e. The van der Waals surface area contributed by atoms with Gasteiger partial charge in [-0.1, -0.05) is 23.9 Å². The van der Waals surface area contributed by atoms with Crippen molar-refractivity contribution in [3.05, 3.63) is 47.5 Å². The predicted molar refractivity (Wildman–Crippen MR) is 111 cm³/mol. The largest absolute Gasteiger partial charge is 0.497 e. The number of alkyl halides is 3. The lowest BCUT2D eigenvalue weighted by atomic mass is 9.91. The summed E-state index contributed by atoms with van der Waals surface area (Å²) in [7, 11) is 3.11. The maximum absolute atomic E-state index is 13.0. The summed E-state index contributed by atoms with van der Waals surface area (Å²) < 4.78 is 49.4. The SMILES string of the molecule is COc1ccc2c(c1)Sc1cc(OC)ccc1C2NC(=O)C1CCC(C(F)(F)F)NC1=O. The van der Waals surface area contributed by atoms with Crippen molar-refractivity contribution in [1.82, 2.24) is 10.6 Å². The van der Waals surface area contributed by atoms with Crippen molar-refractivity contribution in [3.63, 3.8) is 0 Å². The van der Waals surface area contributed by atoms with Gasteiger partial charge in [0.2, 0.25) is 11.8 Å². The van der Waals surface area contributed by atoms with Crippen molar-refractivity contribution >= 4 is 23.6 Å². The van der Waals surface area contributed by atoms with E-state index in [9.17, 15) is 22.8 Å². The van der Waals surface area contributed by atoms with Crippen molar-refractivity contribution in [2.45, 2.75) is 40.9 Å². The van der Waals surface area contributed by atoms with Crippen LogP contribution in [0.5, 0.6) is 11.5 Å². The molecule has 2 N–H and O–H groups in total. The number of carbonyl (C=O) groups is 2. The van der Waals surface area contributed by atoms with Gasteiger partial charge in [0.25, 0.3) is 0 Å². The van der Waals surface area contributed by atoms with Gasteiger partial charge in [0, 0.05) is 9.79 Å². The zero-order valence-electron chi connectivity index (χ0n) is 17.3. The number of rotatable bonds is 4. The Balaban J connectivity index is 1.62. The van der Waals surface area contributed by atoms with E-state index in [1.165, 1.54) is 11.8 Å². The molecule has 0 radical (unpaired) electrons. The van der Waals surface area contributed by atoms with E-state index in [0.717, 1.165) is 20.9 Å². The Morgan fingerprint density at radius 2 is 1.59 bits per heavy atom. The highest BCUT2D eigenvalue weighted by molar-refractivity contribution is 7.99. The fraction of sp³-hybridized carbons (Fsp3) is 0.364. The maximum atomic E-state index is 13.0. The number of methoxy groups -OCH3 is 2. The van der Waals surface area contributed by atoms with Gasteiger partial charge < -0.3 is 20.1 Å². The van der Waals surface area contributed by atoms with E-state index in [1.54, 1.807) is 26.4 Å². The summed E-state index contributed by atoms with van der Waals surface area (Å²) in [6.45, 7) is 0. The molecular weight excluding hydrogens is 445 g/mol. The van der Waals surface area contributed by atoms with Crippen LogP contribution in [0.25, 0.3) is 0 Å². The Morgan fingerprint density at radius 1 is 1.03 bits per heavy atom. The van der Waals surface area contributed by atoms with Crippen molar-refractivity contribution in [3.8, 4) is 11.5 Å². The fourth-order valence-corrected chi connectivity index (χ4v) is 5.12. The van der Waals surface area contributed by atoms with Crippen molar-refractivity contribution < 1.29 is 32.2 Å². The number of hydrogen-bond acceptors (Lipinski definition) is 5. The van der Waals surface area contributed by atoms with Crippen LogP contribution >= 0.6 is 11.8 Å². The summed E-state index contributed by atoms with van der Waals surface area (Å²) in [5.74, 6) is -1.41. The zero-order valence-corrected chi connectivity index (χ0v) is 18.1. The first kappa shape index (κ1) is 22.3. The number of ether oxygens (including phenoxy) is 2. The molecular formula is C22H21F3N2O4S. The molecule has 1 saturated heterocycles. The average Bonchev–Trinajstić information content (AvgIpc) is 2.77. The maximum Gasteiger partial charge on any atom is 0.408 e. The molecule has 2 amide bonds. The van der Waals surface area contributed by atoms with Crippen LogP contribution < -0.4 is 20.1 Å². The van der Waals surface area contributed by atoms with E-state index in [0.29, 0.717) is 11.5 Å². The monoisotopic (exact) mass is 466 g/mol. The first-order valence-electron chi connectivity index (χ1n) is 9.92. The van der Waals surface area contributed by atoms with Crippen LogP contribution in [0.15, 0.2) is 46.2 Å². The van der Waals surface area contributed by atoms with Gasteiger partial charge in [-0.15, -0.1) is 0 Å². The lowest BCUT2D eigenvalue weighted by Gasteiger charge is -2.33. The Labute approximate surface area is 186 Å². The Bertz CT molecular complexity index is 1010. The van der Waals surface area contributed by atoms with Crippen LogP contribution in [0, 0.1) is 5.92 Å². The lowest BCUT2D eigenvalue weighted by molar-refractivity contribution is -0.171. The van der Waals surface area contributed by atoms with Gasteiger partial charge in [0.1, 0.15) is 23.5 Å². The van der Waals surface area contributed by atoms with E-state index in [1.807, 2.05) is 29.6 Å². The molecule has 32 heavy (non-hydrogen) atoms. The third kappa shape index (κ3) is 4.23. The first-order chi connectivity index (χ1) is 15.2. The van der Waals surface area contributed by atoms with Gasteiger partial charge in [0.05, 0.1) is 20.3 Å². The minimum Gasteiger partial charge on any atom is -0.497 e. The second-order valence-electron chi connectivity index (χ2n) is 7.58. The molecule has 6 nitrogen and oxygen atoms in total. The van der Waals surface area contributed by atoms with Crippen molar-refractivity contribution in [2.24, 2.45) is 5.92 Å². The lowest BCUT2D eigenvalue weighted by Crippen LogP contribution is -2.54. The number of halogens is 3. The third-order valence-electron chi connectivity index (χ3n) is 5.66. The topological polar surface area (TPSA) is 76.7 Å². The minimum atomic E-state index is -4.53. The van der Waals surface area contributed by atoms with Crippen LogP contribution in [0.2, 0.25) is 0 Å². The normalized spacial score (nSPS) is 20.6. The molecule has 2 aliphatic heterocycles. The summed E-state index contributed by atoms with van der Waals surface area (Å²) in [6.07, 6.45) is -5.04. The first-order valence-corrected chi connectivity index (χ1v) is 10.7. The summed E-state index contributed by atoms with van der Waals surface area (Å²) >= 11 is 1.50. The Kier molecular flexibility index (Phi) is 5.98. The van der Waals surface area contributed by atoms with E-state index in [2.05, 4.69) is 5.32 Å². The van der Waals surface area contributed by atoms with Crippen LogP contribution in [-0.4, -0.2) is 38.3 Å². The van der Waals surface area contributed by atoms with Crippen LogP contribution in [-0.2, 0) is 9.59 Å². The highest BCUT2D eigenvalue weighted by Gasteiger charge is 2.46. The van der Waals surface area contributed by atoms with Gasteiger partial charge >= 0.3 is 6.18 Å². The number of fused-ring (bicyclic) bond motifs is 2. The van der Waals surface area contributed by atoms with E-state index >= 15 is 0 Å². The van der Waals surface area contributed by atoms with Crippen molar-refractivity contribution in [1.29, 1.82) is 0 Å². The molecule has 2 aromatic rings. The molecule has 2 atom stereocenters. The average molecular weight is 466 g/mol. The zero-order chi connectivity index (χ0) is 23.0. The fourth-order valence-electron chi connectivity index (χ4n) is 3.93. The second-order valence-corrected chi connectivity index (χ2v) is 8.67. The summed E-state index contributed by atoms with van der Waals surface area (Å²) in [5, 5.41) is 4.81. The molecule has 170 valence electrons. The summed E-state index contributed by atoms with van der Waals surface area (Å²) in [5.41, 5.74) is 1.62. The van der Waals surface area contributed by atoms with Gasteiger partial charge in [-0.05, 0) is 48.2 Å². The highest BCUT2D eigenvalue weighted by atomic mass is 32.2. The minimum absolute atomic E-state index is 0.172. The second kappa shape index (κ2) is 8.57. The van der Waals surface area contributed by atoms with Gasteiger partial charge in [-0.3, -0.25) is 9.59 Å². The molecule has 0 aliphatic carbocycles. The van der Waals surface area contributed by atoms with Crippen molar-refractivity contribution in [2.75, 3.05) is 14.2 Å². The number of piperidine rings is 1. The molecule has 2 aliphatic rings. The number of amides is 2. The quantitative estimate of drug-likeness (QED) is 0.670. The molecule has 10 heteroatoms. The van der Waals surface area contributed by atoms with Crippen LogP contribution in [0.3, 0.4) is 0 Å². The molecule has 0 bridgehead atoms. The molecule has 2 heterocycles. The Morgan fingerprint density at radius 3 is 2.06 bits per heavy atom. The number of nitrogens with one attached hydrogen (secondary N) is 2. The molecule has 4 rings (SSSR count). The summed E-state index contributed by atoms with van der Waals surface area (Å²) in [6, 6.07) is 8.42. The number of hydrogen-bond donors (Lipinski definition) is 2. The number of benzene rings is 2.